The molecule has 11 heteroatoms. The Morgan fingerprint density at radius 2 is 1.06 bits per heavy atom. The van der Waals surface area contributed by atoms with Gasteiger partial charge in [0.25, 0.3) is 0 Å². The summed E-state index contributed by atoms with van der Waals surface area (Å²) in [6.45, 7) is 0. The molecule has 3 nitrogen and oxygen atoms in total. The standard InChI is InChI=1S/C7H4F8O3/c8-4(9)3(18,1-2(16)17)5(10,11)7(14,15)6(4,12)13/h18H,1H2,(H,16,17). The van der Waals surface area contributed by atoms with Crippen LogP contribution < -0.4 is 0 Å². The first kappa shape index (κ1) is 14.9. The van der Waals surface area contributed by atoms with Gasteiger partial charge in [-0.05, 0) is 0 Å². The maximum absolute atomic E-state index is 12.9. The second-order valence-electron chi connectivity index (χ2n) is 3.73. The first-order valence-corrected chi connectivity index (χ1v) is 4.12. The van der Waals surface area contributed by atoms with Gasteiger partial charge in [-0.25, -0.2) is 0 Å². The van der Waals surface area contributed by atoms with Crippen LogP contribution in [0.3, 0.4) is 0 Å². The number of carbonyl (C=O) groups is 1. The van der Waals surface area contributed by atoms with Crippen LogP contribution in [0, 0.1) is 0 Å². The van der Waals surface area contributed by atoms with Crippen molar-refractivity contribution in [1.29, 1.82) is 0 Å². The minimum Gasteiger partial charge on any atom is -0.481 e. The molecule has 0 spiro atoms. The minimum absolute atomic E-state index is 2.56. The Morgan fingerprint density at radius 1 is 0.778 bits per heavy atom. The van der Waals surface area contributed by atoms with Crippen LogP contribution in [0.5, 0.6) is 0 Å². The summed E-state index contributed by atoms with van der Waals surface area (Å²) in [7, 11) is 0. The fourth-order valence-corrected chi connectivity index (χ4v) is 1.55. The smallest absolute Gasteiger partial charge is 0.381 e. The summed E-state index contributed by atoms with van der Waals surface area (Å²) >= 11 is 0. The molecule has 0 radical (unpaired) electrons. The molecule has 0 aliphatic heterocycles. The highest BCUT2D eigenvalue weighted by Gasteiger charge is 2.99. The molecule has 0 amide bonds. The van der Waals surface area contributed by atoms with Crippen molar-refractivity contribution in [2.45, 2.75) is 35.7 Å². The Kier molecular flexibility index (Phi) is 2.69. The van der Waals surface area contributed by atoms with E-state index in [0.717, 1.165) is 0 Å². The Labute approximate surface area is 93.0 Å². The second kappa shape index (κ2) is 3.25. The number of carboxylic acids is 1. The van der Waals surface area contributed by atoms with Crippen molar-refractivity contribution in [3.05, 3.63) is 0 Å². The predicted molar refractivity (Wildman–Crippen MR) is 37.0 cm³/mol. The molecule has 1 fully saturated rings. The van der Waals surface area contributed by atoms with Crippen LogP contribution in [-0.4, -0.2) is 45.5 Å². The highest BCUT2D eigenvalue weighted by atomic mass is 19.4. The number of rotatable bonds is 2. The van der Waals surface area contributed by atoms with E-state index in [2.05, 4.69) is 0 Å². The summed E-state index contributed by atoms with van der Waals surface area (Å²) in [5, 5.41) is 16.8. The lowest BCUT2D eigenvalue weighted by molar-refractivity contribution is -0.303. The molecule has 106 valence electrons. The number of hydrogen-bond donors (Lipinski definition) is 2. The van der Waals surface area contributed by atoms with Crippen LogP contribution in [0.15, 0.2) is 0 Å². The topological polar surface area (TPSA) is 57.5 Å². The molecule has 18 heavy (non-hydrogen) atoms. The van der Waals surface area contributed by atoms with Crippen molar-refractivity contribution >= 4 is 5.97 Å². The van der Waals surface area contributed by atoms with E-state index in [1.54, 1.807) is 0 Å². The zero-order valence-electron chi connectivity index (χ0n) is 8.03. The number of carboxylic acid groups (broad SMARTS) is 1. The predicted octanol–water partition coefficient (Wildman–Crippen LogP) is 1.75. The maximum atomic E-state index is 12.9. The van der Waals surface area contributed by atoms with Crippen LogP contribution in [0.25, 0.3) is 0 Å². The highest BCUT2D eigenvalue weighted by Crippen LogP contribution is 2.68. The average molecular weight is 288 g/mol. The molecule has 0 heterocycles. The van der Waals surface area contributed by atoms with Crippen LogP contribution in [-0.2, 0) is 4.79 Å². The van der Waals surface area contributed by atoms with Gasteiger partial charge in [0.15, 0.2) is 0 Å². The molecule has 0 saturated heterocycles. The number of alkyl halides is 8. The summed E-state index contributed by atoms with van der Waals surface area (Å²) in [4.78, 5) is 10.0. The Morgan fingerprint density at radius 3 is 1.28 bits per heavy atom. The molecule has 0 aromatic rings. The van der Waals surface area contributed by atoms with Crippen LogP contribution in [0.4, 0.5) is 35.1 Å². The summed E-state index contributed by atoms with van der Waals surface area (Å²) in [5.41, 5.74) is -5.39. The molecule has 0 bridgehead atoms. The van der Waals surface area contributed by atoms with Gasteiger partial charge in [0.05, 0.1) is 6.42 Å². The first-order chi connectivity index (χ1) is 7.67. The molecule has 1 aliphatic rings. The van der Waals surface area contributed by atoms with E-state index in [9.17, 15) is 39.9 Å². The maximum Gasteiger partial charge on any atom is 0.381 e. The molecule has 1 rings (SSSR count). The lowest BCUT2D eigenvalue weighted by Crippen LogP contribution is -2.59. The Bertz CT molecular complexity index is 364. The third kappa shape index (κ3) is 1.20. The van der Waals surface area contributed by atoms with Gasteiger partial charge in [-0.2, -0.15) is 35.1 Å². The van der Waals surface area contributed by atoms with Gasteiger partial charge in [-0.15, -0.1) is 0 Å². The summed E-state index contributed by atoms with van der Waals surface area (Å²) in [5.74, 6) is -28.4. The van der Waals surface area contributed by atoms with Gasteiger partial charge in [-0.1, -0.05) is 0 Å². The summed E-state index contributed by atoms with van der Waals surface area (Å²) in [6, 6.07) is 0. The van der Waals surface area contributed by atoms with Gasteiger partial charge >= 0.3 is 29.7 Å². The van der Waals surface area contributed by atoms with Crippen LogP contribution in [0.1, 0.15) is 6.42 Å². The molecule has 0 unspecified atom stereocenters. The van der Waals surface area contributed by atoms with E-state index in [-0.39, 0.29) is 0 Å². The van der Waals surface area contributed by atoms with Crippen molar-refractivity contribution in [2.75, 3.05) is 0 Å². The summed E-state index contributed by atoms with van der Waals surface area (Å²) < 4.78 is 102. The number of aliphatic hydroxyl groups is 1. The minimum atomic E-state index is -6.59. The molecular weight excluding hydrogens is 284 g/mol. The monoisotopic (exact) mass is 288 g/mol. The van der Waals surface area contributed by atoms with Gasteiger partial charge in [0.2, 0.25) is 5.60 Å². The molecule has 0 aromatic carbocycles. The van der Waals surface area contributed by atoms with Gasteiger partial charge in [0, 0.05) is 0 Å². The molecular formula is C7H4F8O3. The Hall–Kier alpha value is -1.13. The fourth-order valence-electron chi connectivity index (χ4n) is 1.55. The number of hydrogen-bond acceptors (Lipinski definition) is 2. The zero-order chi connectivity index (χ0) is 14.8. The lowest BCUT2D eigenvalue weighted by atomic mass is 9.91. The largest absolute Gasteiger partial charge is 0.481 e. The molecule has 1 saturated carbocycles. The first-order valence-electron chi connectivity index (χ1n) is 4.12. The second-order valence-corrected chi connectivity index (χ2v) is 3.73. The third-order valence-corrected chi connectivity index (χ3v) is 2.63. The molecule has 2 N–H and O–H groups in total. The van der Waals surface area contributed by atoms with E-state index in [0.29, 0.717) is 0 Å². The molecule has 1 aliphatic carbocycles. The number of aliphatic carboxylic acids is 1. The fraction of sp³-hybridized carbons (Fsp3) is 0.857. The van der Waals surface area contributed by atoms with Crippen molar-refractivity contribution in [1.82, 2.24) is 0 Å². The number of halogens is 8. The van der Waals surface area contributed by atoms with Crippen molar-refractivity contribution < 1.29 is 50.1 Å². The molecule has 0 atom stereocenters. The quantitative estimate of drug-likeness (QED) is 0.761. The van der Waals surface area contributed by atoms with Gasteiger partial charge in [-0.3, -0.25) is 4.79 Å². The molecule has 0 aromatic heterocycles. The van der Waals surface area contributed by atoms with Gasteiger partial charge in [0.1, 0.15) is 0 Å². The van der Waals surface area contributed by atoms with E-state index in [4.69, 9.17) is 10.2 Å². The highest BCUT2D eigenvalue weighted by molar-refractivity contribution is 5.69. The van der Waals surface area contributed by atoms with E-state index >= 15 is 0 Å². The summed E-state index contributed by atoms with van der Waals surface area (Å²) in [6.07, 6.45) is -2.67. The van der Waals surface area contributed by atoms with Crippen molar-refractivity contribution in [3.8, 4) is 0 Å². The SMILES string of the molecule is O=C(O)CC1(O)C(F)(F)C(F)(F)C(F)(F)C1(F)F. The zero-order valence-corrected chi connectivity index (χ0v) is 8.03. The van der Waals surface area contributed by atoms with E-state index < -0.39 is 41.7 Å². The average Bonchev–Trinajstić information content (AvgIpc) is 2.17. The van der Waals surface area contributed by atoms with Crippen molar-refractivity contribution in [3.63, 3.8) is 0 Å². The van der Waals surface area contributed by atoms with E-state index in [1.807, 2.05) is 0 Å². The van der Waals surface area contributed by atoms with E-state index in [1.165, 1.54) is 0 Å². The van der Waals surface area contributed by atoms with Crippen molar-refractivity contribution in [2.24, 2.45) is 0 Å². The normalized spacial score (nSPS) is 30.1. The van der Waals surface area contributed by atoms with Crippen LogP contribution in [0.2, 0.25) is 0 Å². The van der Waals surface area contributed by atoms with Gasteiger partial charge < -0.3 is 10.2 Å². The lowest BCUT2D eigenvalue weighted by Gasteiger charge is -2.31. The third-order valence-electron chi connectivity index (χ3n) is 2.63. The Balaban J connectivity index is 3.57. The van der Waals surface area contributed by atoms with Crippen LogP contribution >= 0.6 is 0 Å².